The van der Waals surface area contributed by atoms with Gasteiger partial charge in [-0.25, -0.2) is 0 Å². The molecule has 1 aromatic carbocycles. The summed E-state index contributed by atoms with van der Waals surface area (Å²) in [6.45, 7) is 0. The van der Waals surface area contributed by atoms with E-state index in [1.807, 2.05) is 12.1 Å². The van der Waals surface area contributed by atoms with Gasteiger partial charge in [-0.2, -0.15) is 0 Å². The maximum Gasteiger partial charge on any atom is 0.0420 e. The van der Waals surface area contributed by atoms with E-state index in [9.17, 15) is 0 Å². The van der Waals surface area contributed by atoms with Crippen molar-refractivity contribution in [2.75, 3.05) is 0 Å². The van der Waals surface area contributed by atoms with E-state index in [0.29, 0.717) is 0 Å². The smallest absolute Gasteiger partial charge is 0.0420 e. The fourth-order valence-corrected chi connectivity index (χ4v) is 2.37. The molecule has 0 aliphatic heterocycles. The van der Waals surface area contributed by atoms with Crippen LogP contribution in [0.5, 0.6) is 0 Å². The molecule has 0 spiro atoms. The Balaban J connectivity index is 0.000000845. The quantitative estimate of drug-likeness (QED) is 0.826. The molecule has 1 fully saturated rings. The molecular formula is C10H13BrClN. The maximum atomic E-state index is 6.19. The maximum absolute atomic E-state index is 6.19. The van der Waals surface area contributed by atoms with Crippen molar-refractivity contribution >= 4 is 28.3 Å². The Morgan fingerprint density at radius 2 is 1.85 bits per heavy atom. The molecule has 1 aliphatic carbocycles. The highest BCUT2D eigenvalue weighted by Crippen LogP contribution is 2.41. The van der Waals surface area contributed by atoms with Crippen LogP contribution in [0.2, 0.25) is 0 Å². The highest BCUT2D eigenvalue weighted by atomic mass is 79.9. The van der Waals surface area contributed by atoms with E-state index in [-0.39, 0.29) is 17.9 Å². The summed E-state index contributed by atoms with van der Waals surface area (Å²) in [4.78, 5) is 0. The van der Waals surface area contributed by atoms with Crippen LogP contribution in [-0.4, -0.2) is 0 Å². The molecule has 0 amide bonds. The summed E-state index contributed by atoms with van der Waals surface area (Å²) < 4.78 is 1.15. The van der Waals surface area contributed by atoms with Crippen LogP contribution in [0.25, 0.3) is 0 Å². The van der Waals surface area contributed by atoms with Crippen molar-refractivity contribution in [1.82, 2.24) is 0 Å². The molecule has 2 N–H and O–H groups in total. The minimum Gasteiger partial charge on any atom is -0.321 e. The molecule has 1 nitrogen and oxygen atoms in total. The molecule has 0 saturated heterocycles. The summed E-state index contributed by atoms with van der Waals surface area (Å²) in [5.74, 6) is 0. The summed E-state index contributed by atoms with van der Waals surface area (Å²) in [6.07, 6.45) is 3.50. The molecule has 1 aromatic rings. The Morgan fingerprint density at radius 1 is 1.23 bits per heavy atom. The zero-order valence-electron chi connectivity index (χ0n) is 7.29. The van der Waals surface area contributed by atoms with Crippen LogP contribution in [0.1, 0.15) is 24.8 Å². The Morgan fingerprint density at radius 3 is 2.31 bits per heavy atom. The number of nitrogens with two attached hydrogens (primary N) is 1. The highest BCUT2D eigenvalue weighted by Gasteiger charge is 2.35. The SMILES string of the molecule is Cl.NC1(c2ccccc2Br)CCC1. The predicted octanol–water partition coefficient (Wildman–Crippen LogP) is 3.21. The first-order chi connectivity index (χ1) is 5.72. The Hall–Kier alpha value is -0.0500. The molecule has 0 bridgehead atoms. The number of benzene rings is 1. The van der Waals surface area contributed by atoms with Gasteiger partial charge in [0.25, 0.3) is 0 Å². The lowest BCUT2D eigenvalue weighted by Crippen LogP contribution is -2.43. The van der Waals surface area contributed by atoms with E-state index in [1.54, 1.807) is 0 Å². The van der Waals surface area contributed by atoms with Gasteiger partial charge in [-0.3, -0.25) is 0 Å². The van der Waals surface area contributed by atoms with E-state index >= 15 is 0 Å². The van der Waals surface area contributed by atoms with Gasteiger partial charge in [0.05, 0.1) is 0 Å². The zero-order valence-corrected chi connectivity index (χ0v) is 9.70. The van der Waals surface area contributed by atoms with Gasteiger partial charge >= 0.3 is 0 Å². The standard InChI is InChI=1S/C10H12BrN.ClH/c11-9-5-2-1-4-8(9)10(12)6-3-7-10;/h1-2,4-5H,3,6-7,12H2;1H. The second-order valence-corrected chi connectivity index (χ2v) is 4.34. The number of hydrogen-bond acceptors (Lipinski definition) is 1. The third-order valence-electron chi connectivity index (χ3n) is 2.66. The minimum atomic E-state index is -0.0416. The van der Waals surface area contributed by atoms with Crippen molar-refractivity contribution in [2.45, 2.75) is 24.8 Å². The largest absolute Gasteiger partial charge is 0.321 e. The third kappa shape index (κ3) is 1.90. The minimum absolute atomic E-state index is 0. The topological polar surface area (TPSA) is 26.0 Å². The summed E-state index contributed by atoms with van der Waals surface area (Å²) in [6, 6.07) is 8.24. The van der Waals surface area contributed by atoms with Gasteiger partial charge in [0.15, 0.2) is 0 Å². The van der Waals surface area contributed by atoms with Gasteiger partial charge in [0, 0.05) is 10.0 Å². The fraction of sp³-hybridized carbons (Fsp3) is 0.400. The number of hydrogen-bond donors (Lipinski definition) is 1. The van der Waals surface area contributed by atoms with Gasteiger partial charge in [-0.1, -0.05) is 34.1 Å². The monoisotopic (exact) mass is 261 g/mol. The van der Waals surface area contributed by atoms with Crippen molar-refractivity contribution in [2.24, 2.45) is 5.73 Å². The van der Waals surface area contributed by atoms with Gasteiger partial charge in [-0.15, -0.1) is 12.4 Å². The first kappa shape index (κ1) is 11.0. The van der Waals surface area contributed by atoms with Crippen molar-refractivity contribution in [3.05, 3.63) is 34.3 Å². The molecule has 0 unspecified atom stereocenters. The van der Waals surface area contributed by atoms with Gasteiger partial charge in [-0.05, 0) is 30.9 Å². The lowest BCUT2D eigenvalue weighted by Gasteiger charge is -2.39. The van der Waals surface area contributed by atoms with Crippen LogP contribution in [0, 0.1) is 0 Å². The second kappa shape index (κ2) is 3.99. The summed E-state index contributed by atoms with van der Waals surface area (Å²) in [5.41, 5.74) is 7.41. The molecule has 13 heavy (non-hydrogen) atoms. The molecule has 0 heterocycles. The summed E-state index contributed by atoms with van der Waals surface area (Å²) >= 11 is 3.53. The molecule has 2 rings (SSSR count). The first-order valence-corrected chi connectivity index (χ1v) is 5.06. The van der Waals surface area contributed by atoms with Crippen LogP contribution >= 0.6 is 28.3 Å². The van der Waals surface area contributed by atoms with Crippen LogP contribution in [0.15, 0.2) is 28.7 Å². The lowest BCUT2D eigenvalue weighted by atomic mass is 9.73. The average Bonchev–Trinajstić information content (AvgIpc) is 2.01. The molecule has 0 aromatic heterocycles. The second-order valence-electron chi connectivity index (χ2n) is 3.49. The van der Waals surface area contributed by atoms with E-state index in [1.165, 1.54) is 12.0 Å². The van der Waals surface area contributed by atoms with E-state index < -0.39 is 0 Å². The Kier molecular flexibility index (Phi) is 3.38. The van der Waals surface area contributed by atoms with E-state index in [2.05, 4.69) is 28.1 Å². The van der Waals surface area contributed by atoms with E-state index in [4.69, 9.17) is 5.73 Å². The van der Waals surface area contributed by atoms with Gasteiger partial charge in [0.1, 0.15) is 0 Å². The molecule has 0 atom stereocenters. The molecule has 0 radical (unpaired) electrons. The van der Waals surface area contributed by atoms with Crippen molar-refractivity contribution < 1.29 is 0 Å². The molecular weight excluding hydrogens is 249 g/mol. The molecule has 1 aliphatic rings. The van der Waals surface area contributed by atoms with Crippen molar-refractivity contribution in [3.8, 4) is 0 Å². The van der Waals surface area contributed by atoms with Crippen LogP contribution in [-0.2, 0) is 5.54 Å². The molecule has 72 valence electrons. The summed E-state index contributed by atoms with van der Waals surface area (Å²) in [5, 5.41) is 0. The van der Waals surface area contributed by atoms with Crippen molar-refractivity contribution in [3.63, 3.8) is 0 Å². The first-order valence-electron chi connectivity index (χ1n) is 4.26. The van der Waals surface area contributed by atoms with Crippen LogP contribution in [0.3, 0.4) is 0 Å². The highest BCUT2D eigenvalue weighted by molar-refractivity contribution is 9.10. The van der Waals surface area contributed by atoms with Crippen LogP contribution < -0.4 is 5.73 Å². The normalized spacial score (nSPS) is 18.6. The Labute approximate surface area is 93.2 Å². The Bertz CT molecular complexity index is 297. The number of rotatable bonds is 1. The molecule has 3 heteroatoms. The van der Waals surface area contributed by atoms with Crippen molar-refractivity contribution in [1.29, 1.82) is 0 Å². The van der Waals surface area contributed by atoms with Gasteiger partial charge < -0.3 is 5.73 Å². The lowest BCUT2D eigenvalue weighted by molar-refractivity contribution is 0.252. The number of halogens is 2. The van der Waals surface area contributed by atoms with E-state index in [0.717, 1.165) is 17.3 Å². The van der Waals surface area contributed by atoms with Crippen LogP contribution in [0.4, 0.5) is 0 Å². The van der Waals surface area contributed by atoms with Gasteiger partial charge in [0.2, 0.25) is 0 Å². The molecule has 1 saturated carbocycles. The fourth-order valence-electron chi connectivity index (χ4n) is 1.69. The zero-order chi connectivity index (χ0) is 8.60. The predicted molar refractivity (Wildman–Crippen MR) is 61.1 cm³/mol. The average molecular weight is 263 g/mol. The summed E-state index contributed by atoms with van der Waals surface area (Å²) in [7, 11) is 0. The third-order valence-corrected chi connectivity index (χ3v) is 3.35.